The maximum absolute atomic E-state index is 14.0. The van der Waals surface area contributed by atoms with Gasteiger partial charge in [-0.25, -0.2) is 4.39 Å². The summed E-state index contributed by atoms with van der Waals surface area (Å²) >= 11 is 0. The molecule has 1 heterocycles. The van der Waals surface area contributed by atoms with E-state index in [0.29, 0.717) is 18.8 Å². The van der Waals surface area contributed by atoms with Gasteiger partial charge >= 0.3 is 0 Å². The number of halogens is 1. The number of carbonyl (C=O) groups excluding carboxylic acids is 1. The summed E-state index contributed by atoms with van der Waals surface area (Å²) in [5.74, 6) is 0.151. The number of amides is 1. The number of fused-ring (bicyclic) bond motifs is 1. The Morgan fingerprint density at radius 3 is 3.04 bits per heavy atom. The van der Waals surface area contributed by atoms with Crippen LogP contribution in [0.3, 0.4) is 0 Å². The standard InChI is InChI=1S/C18H22FN3O/c1-12-6-8-14-15(4-3-5-16(14)19)18(12)21-17(23)9-7-13-10-20-22(2)11-13/h3-5,10-12,18H,6-9H2,1-2H3,(H,21,23)/t12-,18+/m0/s1. The molecule has 1 aliphatic rings. The normalized spacial score (nSPS) is 20.1. The molecular weight excluding hydrogens is 293 g/mol. The van der Waals surface area contributed by atoms with Gasteiger partial charge in [-0.05, 0) is 47.9 Å². The second-order valence-corrected chi connectivity index (χ2v) is 6.39. The van der Waals surface area contributed by atoms with Crippen LogP contribution in [0.25, 0.3) is 0 Å². The van der Waals surface area contributed by atoms with Crippen molar-refractivity contribution in [2.45, 2.75) is 38.6 Å². The van der Waals surface area contributed by atoms with E-state index in [0.717, 1.165) is 29.5 Å². The molecule has 0 unspecified atom stereocenters. The van der Waals surface area contributed by atoms with Crippen LogP contribution in [0.2, 0.25) is 0 Å². The predicted octanol–water partition coefficient (Wildman–Crippen LogP) is 2.93. The number of aryl methyl sites for hydroxylation is 2. The van der Waals surface area contributed by atoms with Gasteiger partial charge in [-0.3, -0.25) is 9.48 Å². The molecule has 23 heavy (non-hydrogen) atoms. The van der Waals surface area contributed by atoms with Crippen LogP contribution in [-0.4, -0.2) is 15.7 Å². The summed E-state index contributed by atoms with van der Waals surface area (Å²) in [4.78, 5) is 12.3. The molecule has 1 aliphatic carbocycles. The van der Waals surface area contributed by atoms with Gasteiger partial charge in [0.2, 0.25) is 5.91 Å². The van der Waals surface area contributed by atoms with Crippen LogP contribution >= 0.6 is 0 Å². The molecule has 2 aromatic rings. The highest BCUT2D eigenvalue weighted by Crippen LogP contribution is 2.35. The molecule has 5 heteroatoms. The maximum atomic E-state index is 14.0. The number of carbonyl (C=O) groups is 1. The average Bonchev–Trinajstić information content (AvgIpc) is 2.94. The number of benzene rings is 1. The Morgan fingerprint density at radius 2 is 2.30 bits per heavy atom. The molecule has 0 aliphatic heterocycles. The van der Waals surface area contributed by atoms with Crippen LogP contribution in [0.5, 0.6) is 0 Å². The largest absolute Gasteiger partial charge is 0.349 e. The van der Waals surface area contributed by atoms with Crippen molar-refractivity contribution in [1.82, 2.24) is 15.1 Å². The van der Waals surface area contributed by atoms with Gasteiger partial charge in [-0.2, -0.15) is 5.10 Å². The fourth-order valence-corrected chi connectivity index (χ4v) is 3.30. The minimum absolute atomic E-state index is 0.00261. The molecule has 4 nitrogen and oxygen atoms in total. The number of hydrogen-bond acceptors (Lipinski definition) is 2. The fraction of sp³-hybridized carbons (Fsp3) is 0.444. The molecule has 0 spiro atoms. The summed E-state index contributed by atoms with van der Waals surface area (Å²) in [5.41, 5.74) is 2.73. The van der Waals surface area contributed by atoms with Crippen LogP contribution in [0, 0.1) is 11.7 Å². The topological polar surface area (TPSA) is 46.9 Å². The molecule has 0 saturated heterocycles. The number of aromatic nitrogens is 2. The highest BCUT2D eigenvalue weighted by molar-refractivity contribution is 5.76. The van der Waals surface area contributed by atoms with Gasteiger partial charge in [0.25, 0.3) is 0 Å². The molecule has 0 fully saturated rings. The summed E-state index contributed by atoms with van der Waals surface area (Å²) in [6, 6.07) is 5.05. The van der Waals surface area contributed by atoms with Crippen molar-refractivity contribution in [3.8, 4) is 0 Å². The third kappa shape index (κ3) is 3.44. The lowest BCUT2D eigenvalue weighted by Gasteiger charge is -2.32. The maximum Gasteiger partial charge on any atom is 0.220 e. The van der Waals surface area contributed by atoms with Crippen molar-refractivity contribution in [2.75, 3.05) is 0 Å². The van der Waals surface area contributed by atoms with E-state index in [1.54, 1.807) is 16.9 Å². The first kappa shape index (κ1) is 15.7. The Labute approximate surface area is 135 Å². The Bertz CT molecular complexity index is 710. The van der Waals surface area contributed by atoms with Gasteiger partial charge in [0.15, 0.2) is 0 Å². The Morgan fingerprint density at radius 1 is 1.48 bits per heavy atom. The lowest BCUT2D eigenvalue weighted by atomic mass is 9.80. The minimum atomic E-state index is -0.163. The fourth-order valence-electron chi connectivity index (χ4n) is 3.30. The van der Waals surface area contributed by atoms with E-state index in [4.69, 9.17) is 0 Å². The van der Waals surface area contributed by atoms with Crippen molar-refractivity contribution in [3.63, 3.8) is 0 Å². The van der Waals surface area contributed by atoms with Crippen LogP contribution in [-0.2, 0) is 24.7 Å². The lowest BCUT2D eigenvalue weighted by Crippen LogP contribution is -2.35. The van der Waals surface area contributed by atoms with Gasteiger partial charge in [-0.1, -0.05) is 19.1 Å². The smallest absolute Gasteiger partial charge is 0.220 e. The zero-order valence-electron chi connectivity index (χ0n) is 13.6. The second kappa shape index (κ2) is 6.52. The van der Waals surface area contributed by atoms with E-state index in [1.165, 1.54) is 6.07 Å². The molecule has 0 bridgehead atoms. The van der Waals surface area contributed by atoms with E-state index >= 15 is 0 Å². The number of nitrogens with one attached hydrogen (secondary N) is 1. The number of rotatable bonds is 4. The summed E-state index contributed by atoms with van der Waals surface area (Å²) in [6.45, 7) is 2.11. The molecule has 1 aromatic heterocycles. The first-order valence-corrected chi connectivity index (χ1v) is 8.09. The summed E-state index contributed by atoms with van der Waals surface area (Å²) in [5, 5.41) is 7.20. The third-order valence-electron chi connectivity index (χ3n) is 4.62. The first-order chi connectivity index (χ1) is 11.0. The highest BCUT2D eigenvalue weighted by Gasteiger charge is 2.29. The molecule has 2 atom stereocenters. The average molecular weight is 315 g/mol. The SMILES string of the molecule is C[C@H]1CCc2c(F)cccc2[C@@H]1NC(=O)CCc1cnn(C)c1. The van der Waals surface area contributed by atoms with Gasteiger partial charge in [0, 0.05) is 19.7 Å². The summed E-state index contributed by atoms with van der Waals surface area (Å²) in [7, 11) is 1.86. The molecule has 0 radical (unpaired) electrons. The van der Waals surface area contributed by atoms with Crippen molar-refractivity contribution in [1.29, 1.82) is 0 Å². The number of nitrogens with zero attached hydrogens (tertiary/aromatic N) is 2. The summed E-state index contributed by atoms with van der Waals surface area (Å²) in [6.07, 6.45) is 6.41. The first-order valence-electron chi connectivity index (χ1n) is 8.09. The van der Waals surface area contributed by atoms with E-state index in [9.17, 15) is 9.18 Å². The van der Waals surface area contributed by atoms with Crippen LogP contribution < -0.4 is 5.32 Å². The minimum Gasteiger partial charge on any atom is -0.349 e. The lowest BCUT2D eigenvalue weighted by molar-refractivity contribution is -0.122. The highest BCUT2D eigenvalue weighted by atomic mass is 19.1. The zero-order chi connectivity index (χ0) is 16.4. The summed E-state index contributed by atoms with van der Waals surface area (Å²) < 4.78 is 15.7. The molecule has 1 aromatic carbocycles. The monoisotopic (exact) mass is 315 g/mol. The molecule has 0 saturated carbocycles. The Kier molecular flexibility index (Phi) is 4.46. The molecule has 1 amide bonds. The van der Waals surface area contributed by atoms with Gasteiger partial charge in [0.05, 0.1) is 12.2 Å². The number of hydrogen-bond donors (Lipinski definition) is 1. The molecular formula is C18H22FN3O. The van der Waals surface area contributed by atoms with Crippen molar-refractivity contribution in [2.24, 2.45) is 13.0 Å². The van der Waals surface area contributed by atoms with Crippen LogP contribution in [0.15, 0.2) is 30.6 Å². The van der Waals surface area contributed by atoms with E-state index < -0.39 is 0 Å². The van der Waals surface area contributed by atoms with E-state index in [2.05, 4.69) is 17.3 Å². The molecule has 122 valence electrons. The van der Waals surface area contributed by atoms with E-state index in [-0.39, 0.29) is 17.8 Å². The van der Waals surface area contributed by atoms with Gasteiger partial charge in [0.1, 0.15) is 5.82 Å². The predicted molar refractivity (Wildman–Crippen MR) is 86.3 cm³/mol. The van der Waals surface area contributed by atoms with E-state index in [1.807, 2.05) is 19.3 Å². The van der Waals surface area contributed by atoms with Crippen molar-refractivity contribution < 1.29 is 9.18 Å². The Hall–Kier alpha value is -2.17. The molecule has 3 rings (SSSR count). The second-order valence-electron chi connectivity index (χ2n) is 6.39. The van der Waals surface area contributed by atoms with Crippen molar-refractivity contribution >= 4 is 5.91 Å². The van der Waals surface area contributed by atoms with Gasteiger partial charge in [-0.15, -0.1) is 0 Å². The van der Waals surface area contributed by atoms with Crippen molar-refractivity contribution in [3.05, 3.63) is 53.1 Å². The quantitative estimate of drug-likeness (QED) is 0.943. The molecule has 1 N–H and O–H groups in total. The van der Waals surface area contributed by atoms with Crippen LogP contribution in [0.1, 0.15) is 42.5 Å². The van der Waals surface area contributed by atoms with Gasteiger partial charge < -0.3 is 5.32 Å². The third-order valence-corrected chi connectivity index (χ3v) is 4.62. The van der Waals surface area contributed by atoms with Crippen LogP contribution in [0.4, 0.5) is 4.39 Å². The zero-order valence-corrected chi connectivity index (χ0v) is 13.6. The Balaban J connectivity index is 1.67.